The molecule has 0 bridgehead atoms. The summed E-state index contributed by atoms with van der Waals surface area (Å²) in [7, 11) is 0. The number of ether oxygens (including phenoxy) is 1. The molecule has 0 spiro atoms. The van der Waals surface area contributed by atoms with Crippen LogP contribution in [0.1, 0.15) is 82.1 Å². The predicted octanol–water partition coefficient (Wildman–Crippen LogP) is 5.97. The first-order valence-electron chi connectivity index (χ1n) is 18.3. The predicted molar refractivity (Wildman–Crippen MR) is 195 cm³/mol. The van der Waals surface area contributed by atoms with Gasteiger partial charge >= 0.3 is 0 Å². The molecule has 4 aromatic carbocycles. The van der Waals surface area contributed by atoms with Gasteiger partial charge in [-0.25, -0.2) is 0 Å². The van der Waals surface area contributed by atoms with Crippen molar-refractivity contribution in [2.75, 3.05) is 31.6 Å². The molecule has 3 aliphatic heterocycles. The fraction of sp³-hybridized carbons (Fsp3) is 0.357. The van der Waals surface area contributed by atoms with E-state index in [1.165, 1.54) is 22.3 Å². The van der Waals surface area contributed by atoms with Crippen molar-refractivity contribution in [1.29, 1.82) is 0 Å². The zero-order valence-electron chi connectivity index (χ0n) is 28.7. The van der Waals surface area contributed by atoms with E-state index in [1.54, 1.807) is 4.90 Å². The van der Waals surface area contributed by atoms with E-state index in [4.69, 9.17) is 4.74 Å². The molecule has 262 valence electrons. The fourth-order valence-corrected chi connectivity index (χ4v) is 8.54. The third-order valence-corrected chi connectivity index (χ3v) is 11.2. The number of imide groups is 1. The standard InChI is InChI=1S/C42H44N4O5/c47-33-10-15-36-29(25-33)8-13-35(27-4-2-1-3-5-27)40(36)28-6-11-34(12-7-28)51-23-22-45-20-18-31(19-21-45)43-32-9-14-37-30(24-32)26-46(42(37)50)38-16-17-39(48)44-41(38)49/h1-7,9-12,14-15,24-25,31,35,38,40,43,47H,8,13,16-23,26H2,(H,44,48,49)/t35-,38?,40+/m1/s1. The van der Waals surface area contributed by atoms with Gasteiger partial charge in [-0.15, -0.1) is 0 Å². The van der Waals surface area contributed by atoms with Crippen LogP contribution < -0.4 is 15.4 Å². The fourth-order valence-electron chi connectivity index (χ4n) is 8.54. The number of amides is 3. The molecule has 8 rings (SSSR count). The van der Waals surface area contributed by atoms with Gasteiger partial charge in [-0.2, -0.15) is 0 Å². The lowest BCUT2D eigenvalue weighted by molar-refractivity contribution is -0.136. The van der Waals surface area contributed by atoms with Crippen LogP contribution in [0.25, 0.3) is 0 Å². The molecule has 3 N–H and O–H groups in total. The highest BCUT2D eigenvalue weighted by Gasteiger charge is 2.39. The van der Waals surface area contributed by atoms with Gasteiger partial charge in [0.05, 0.1) is 0 Å². The Kier molecular flexibility index (Phi) is 9.21. The van der Waals surface area contributed by atoms with E-state index in [0.29, 0.717) is 42.8 Å². The Morgan fingerprint density at radius 3 is 2.39 bits per heavy atom. The van der Waals surface area contributed by atoms with Crippen molar-refractivity contribution in [1.82, 2.24) is 15.1 Å². The van der Waals surface area contributed by atoms with Gasteiger partial charge in [-0.3, -0.25) is 24.6 Å². The minimum absolute atomic E-state index is 0.147. The average Bonchev–Trinajstić information content (AvgIpc) is 3.47. The van der Waals surface area contributed by atoms with Crippen molar-refractivity contribution in [3.05, 3.63) is 124 Å². The molecule has 9 heteroatoms. The van der Waals surface area contributed by atoms with Crippen LogP contribution in [-0.4, -0.2) is 71.0 Å². The number of benzene rings is 4. The maximum atomic E-state index is 13.0. The molecule has 9 nitrogen and oxygen atoms in total. The molecule has 0 radical (unpaired) electrons. The van der Waals surface area contributed by atoms with Crippen molar-refractivity contribution in [3.8, 4) is 11.5 Å². The minimum Gasteiger partial charge on any atom is -0.508 e. The number of nitrogens with zero attached hydrogens (tertiary/aromatic N) is 2. The number of phenolic OH excluding ortho intramolecular Hbond substituents is 1. The normalized spacial score (nSPS) is 22.3. The summed E-state index contributed by atoms with van der Waals surface area (Å²) in [5, 5.41) is 16.2. The Bertz CT molecular complexity index is 1920. The van der Waals surface area contributed by atoms with Crippen molar-refractivity contribution in [3.63, 3.8) is 0 Å². The molecule has 3 heterocycles. The SMILES string of the molecule is O=C1CCC(N2Cc3cc(NC4CCN(CCOc5ccc([C@@H]6c7ccc(O)cc7CC[C@@H]6c6ccccc6)cc5)CC4)ccc3C2=O)C(=O)N1. The van der Waals surface area contributed by atoms with Gasteiger partial charge in [-0.05, 0) is 108 Å². The van der Waals surface area contributed by atoms with Crippen LogP contribution in [0, 0.1) is 0 Å². The zero-order valence-corrected chi connectivity index (χ0v) is 28.7. The van der Waals surface area contributed by atoms with E-state index in [-0.39, 0.29) is 30.1 Å². The van der Waals surface area contributed by atoms with E-state index in [9.17, 15) is 19.5 Å². The number of hydrogen-bond donors (Lipinski definition) is 3. The third kappa shape index (κ3) is 6.95. The number of anilines is 1. The monoisotopic (exact) mass is 684 g/mol. The van der Waals surface area contributed by atoms with Gasteiger partial charge in [0.25, 0.3) is 5.91 Å². The van der Waals surface area contributed by atoms with Gasteiger partial charge in [0, 0.05) is 55.8 Å². The number of hydrogen-bond acceptors (Lipinski definition) is 7. The Balaban J connectivity index is 0.824. The van der Waals surface area contributed by atoms with Crippen molar-refractivity contribution < 1.29 is 24.2 Å². The van der Waals surface area contributed by atoms with Crippen LogP contribution >= 0.6 is 0 Å². The number of nitrogens with one attached hydrogen (secondary N) is 2. The van der Waals surface area contributed by atoms with Crippen molar-refractivity contribution in [2.45, 2.75) is 69.0 Å². The zero-order chi connectivity index (χ0) is 34.9. The lowest BCUT2D eigenvalue weighted by Gasteiger charge is -2.35. The quantitative estimate of drug-likeness (QED) is 0.186. The van der Waals surface area contributed by atoms with Crippen LogP contribution in [0.5, 0.6) is 11.5 Å². The molecule has 3 atom stereocenters. The van der Waals surface area contributed by atoms with Gasteiger partial charge in [0.2, 0.25) is 11.8 Å². The van der Waals surface area contributed by atoms with E-state index in [2.05, 4.69) is 76.2 Å². The van der Waals surface area contributed by atoms with Gasteiger partial charge in [0.15, 0.2) is 0 Å². The highest BCUT2D eigenvalue weighted by molar-refractivity contribution is 6.05. The summed E-state index contributed by atoms with van der Waals surface area (Å²) in [6.07, 6.45) is 4.63. The molecule has 2 saturated heterocycles. The molecule has 3 amide bonds. The van der Waals surface area contributed by atoms with Crippen LogP contribution in [0.4, 0.5) is 5.69 Å². The second-order valence-corrected chi connectivity index (χ2v) is 14.4. The molecular formula is C42H44N4O5. The van der Waals surface area contributed by atoms with Crippen LogP contribution in [0.3, 0.4) is 0 Å². The van der Waals surface area contributed by atoms with E-state index >= 15 is 0 Å². The smallest absolute Gasteiger partial charge is 0.255 e. The largest absolute Gasteiger partial charge is 0.508 e. The summed E-state index contributed by atoms with van der Waals surface area (Å²) in [6.45, 7) is 3.82. The molecule has 0 aromatic heterocycles. The first-order valence-corrected chi connectivity index (χ1v) is 18.3. The highest BCUT2D eigenvalue weighted by Crippen LogP contribution is 2.47. The number of aromatic hydroxyl groups is 1. The molecule has 4 aliphatic rings. The third-order valence-electron chi connectivity index (χ3n) is 11.2. The van der Waals surface area contributed by atoms with E-state index < -0.39 is 6.04 Å². The van der Waals surface area contributed by atoms with E-state index in [1.807, 2.05) is 30.3 Å². The lowest BCUT2D eigenvalue weighted by Crippen LogP contribution is -2.52. The molecule has 4 aromatic rings. The molecule has 51 heavy (non-hydrogen) atoms. The summed E-state index contributed by atoms with van der Waals surface area (Å²) in [5.41, 5.74) is 7.67. The molecular weight excluding hydrogens is 640 g/mol. The number of carbonyl (C=O) groups is 3. The maximum Gasteiger partial charge on any atom is 0.255 e. The second kappa shape index (κ2) is 14.2. The number of piperidine rings is 2. The topological polar surface area (TPSA) is 111 Å². The molecule has 1 unspecified atom stereocenters. The highest BCUT2D eigenvalue weighted by atomic mass is 16.5. The summed E-state index contributed by atoms with van der Waals surface area (Å²) in [4.78, 5) is 41.1. The van der Waals surface area contributed by atoms with E-state index in [0.717, 1.165) is 62.3 Å². The molecule has 1 aliphatic carbocycles. The van der Waals surface area contributed by atoms with Crippen molar-refractivity contribution in [2.24, 2.45) is 0 Å². The summed E-state index contributed by atoms with van der Waals surface area (Å²) >= 11 is 0. The van der Waals surface area contributed by atoms with Crippen molar-refractivity contribution >= 4 is 23.4 Å². The van der Waals surface area contributed by atoms with Gasteiger partial charge in [0.1, 0.15) is 24.1 Å². The minimum atomic E-state index is -0.601. The molecule has 0 saturated carbocycles. The second-order valence-electron chi connectivity index (χ2n) is 14.4. The summed E-state index contributed by atoms with van der Waals surface area (Å²) in [5.74, 6) is 0.975. The summed E-state index contributed by atoms with van der Waals surface area (Å²) < 4.78 is 6.22. The number of carbonyl (C=O) groups excluding carboxylic acids is 3. The summed E-state index contributed by atoms with van der Waals surface area (Å²) in [6, 6.07) is 30.8. The number of phenols is 1. The Hall–Kier alpha value is -5.15. The molecule has 2 fully saturated rings. The maximum absolute atomic E-state index is 13.0. The van der Waals surface area contributed by atoms with Gasteiger partial charge in [-0.1, -0.05) is 48.5 Å². The van der Waals surface area contributed by atoms with Crippen LogP contribution in [0.2, 0.25) is 0 Å². The number of aryl methyl sites for hydroxylation is 1. The van der Waals surface area contributed by atoms with Gasteiger partial charge < -0.3 is 20.1 Å². The lowest BCUT2D eigenvalue weighted by atomic mass is 9.69. The number of likely N-dealkylation sites (tertiary alicyclic amines) is 1. The average molecular weight is 685 g/mol. The first kappa shape index (κ1) is 33.0. The van der Waals surface area contributed by atoms with Crippen LogP contribution in [0.15, 0.2) is 91.0 Å². The Morgan fingerprint density at radius 1 is 0.804 bits per heavy atom. The number of fused-ring (bicyclic) bond motifs is 2. The first-order chi connectivity index (χ1) is 24.9. The Morgan fingerprint density at radius 2 is 1.61 bits per heavy atom. The Labute approximate surface area is 298 Å². The number of rotatable bonds is 9. The van der Waals surface area contributed by atoms with Crippen LogP contribution in [-0.2, 0) is 22.6 Å².